The average molecular weight is 287 g/mol. The summed E-state index contributed by atoms with van der Waals surface area (Å²) >= 11 is 0. The van der Waals surface area contributed by atoms with Crippen LogP contribution in [0.1, 0.15) is 40.0 Å². The van der Waals surface area contributed by atoms with Gasteiger partial charge in [0.1, 0.15) is 0 Å². The summed E-state index contributed by atoms with van der Waals surface area (Å²) in [4.78, 5) is 10.2. The van der Waals surface area contributed by atoms with Crippen LogP contribution in [0.2, 0.25) is 0 Å². The van der Waals surface area contributed by atoms with E-state index in [1.165, 1.54) is 30.7 Å². The van der Waals surface area contributed by atoms with Gasteiger partial charge in [-0.05, 0) is 42.7 Å². The normalized spacial score (nSPS) is 31.6. The van der Waals surface area contributed by atoms with E-state index in [9.17, 15) is 10.1 Å². The van der Waals surface area contributed by atoms with E-state index in [2.05, 4.69) is 31.3 Å². The van der Waals surface area contributed by atoms with Gasteiger partial charge in [-0.25, -0.2) is 0 Å². The average Bonchev–Trinajstić information content (AvgIpc) is 2.78. The van der Waals surface area contributed by atoms with E-state index < -0.39 is 4.92 Å². The maximum absolute atomic E-state index is 10.6. The van der Waals surface area contributed by atoms with Gasteiger partial charge >= 0.3 is 0 Å². The van der Waals surface area contributed by atoms with Gasteiger partial charge in [-0.2, -0.15) is 5.10 Å². The van der Waals surface area contributed by atoms with E-state index in [0.717, 1.165) is 18.0 Å². The number of rotatable bonds is 3. The summed E-state index contributed by atoms with van der Waals surface area (Å²) in [6, 6.07) is 6.38. The molecule has 3 rings (SSSR count). The van der Waals surface area contributed by atoms with Crippen LogP contribution in [0, 0.1) is 26.9 Å². The molecular weight excluding hydrogens is 266 g/mol. The lowest BCUT2D eigenvalue weighted by Gasteiger charge is -2.34. The van der Waals surface area contributed by atoms with Gasteiger partial charge < -0.3 is 0 Å². The zero-order valence-electron chi connectivity index (χ0n) is 12.7. The predicted octanol–water partition coefficient (Wildman–Crippen LogP) is 4.21. The minimum atomic E-state index is -0.394. The predicted molar refractivity (Wildman–Crippen MR) is 83.4 cm³/mol. The van der Waals surface area contributed by atoms with Gasteiger partial charge in [-0.3, -0.25) is 15.5 Å². The number of nitro benzene ring substituents is 1. The molecule has 0 unspecified atom stereocenters. The van der Waals surface area contributed by atoms with Crippen LogP contribution in [-0.4, -0.2) is 10.6 Å². The second kappa shape index (κ2) is 4.55. The van der Waals surface area contributed by atoms with Gasteiger partial charge in [-0.15, -0.1) is 0 Å². The molecule has 0 saturated heterocycles. The van der Waals surface area contributed by atoms with Gasteiger partial charge in [0.05, 0.1) is 10.6 Å². The summed E-state index contributed by atoms with van der Waals surface area (Å²) in [6.45, 7) is 7.01. The van der Waals surface area contributed by atoms with Crippen molar-refractivity contribution in [1.29, 1.82) is 0 Å². The Morgan fingerprint density at radius 3 is 2.43 bits per heavy atom. The van der Waals surface area contributed by atoms with Gasteiger partial charge in [0, 0.05) is 23.3 Å². The molecule has 2 fully saturated rings. The number of non-ortho nitro benzene ring substituents is 1. The Morgan fingerprint density at radius 2 is 1.95 bits per heavy atom. The number of nitro groups is 1. The van der Waals surface area contributed by atoms with Crippen molar-refractivity contribution in [3.05, 3.63) is 34.4 Å². The number of anilines is 1. The Bertz CT molecular complexity index is 606. The van der Waals surface area contributed by atoms with Crippen molar-refractivity contribution in [3.8, 4) is 0 Å². The van der Waals surface area contributed by atoms with Crippen molar-refractivity contribution >= 4 is 17.1 Å². The van der Waals surface area contributed by atoms with Gasteiger partial charge in [0.2, 0.25) is 0 Å². The summed E-state index contributed by atoms with van der Waals surface area (Å²) in [5.74, 6) is 0.722. The summed E-state index contributed by atoms with van der Waals surface area (Å²) in [6.07, 6.45) is 3.55. The van der Waals surface area contributed by atoms with E-state index in [4.69, 9.17) is 0 Å². The number of benzene rings is 1. The Labute approximate surface area is 124 Å². The Morgan fingerprint density at radius 1 is 1.29 bits per heavy atom. The number of hydrogen-bond donors (Lipinski definition) is 1. The summed E-state index contributed by atoms with van der Waals surface area (Å²) in [5.41, 5.74) is 5.67. The zero-order chi connectivity index (χ0) is 15.3. The molecule has 2 saturated carbocycles. The van der Waals surface area contributed by atoms with Crippen molar-refractivity contribution in [1.82, 2.24) is 0 Å². The zero-order valence-corrected chi connectivity index (χ0v) is 12.7. The molecule has 0 aromatic heterocycles. The molecule has 1 aromatic carbocycles. The second-order valence-corrected chi connectivity index (χ2v) is 6.97. The molecule has 1 aromatic rings. The van der Waals surface area contributed by atoms with Crippen LogP contribution >= 0.6 is 0 Å². The highest BCUT2D eigenvalue weighted by Crippen LogP contribution is 2.63. The molecule has 112 valence electrons. The smallest absolute Gasteiger partial charge is 0.269 e. The van der Waals surface area contributed by atoms with Crippen molar-refractivity contribution in [2.45, 2.75) is 40.0 Å². The van der Waals surface area contributed by atoms with Gasteiger partial charge in [0.25, 0.3) is 5.69 Å². The monoisotopic (exact) mass is 287 g/mol. The molecule has 2 aliphatic carbocycles. The van der Waals surface area contributed by atoms with E-state index in [1.54, 1.807) is 12.1 Å². The van der Waals surface area contributed by atoms with Crippen LogP contribution in [0.3, 0.4) is 0 Å². The molecule has 0 heterocycles. The molecule has 2 bridgehead atoms. The summed E-state index contributed by atoms with van der Waals surface area (Å²) in [5, 5.41) is 15.3. The number of nitrogens with one attached hydrogen (secondary N) is 1. The molecule has 2 atom stereocenters. The molecule has 21 heavy (non-hydrogen) atoms. The van der Waals surface area contributed by atoms with Crippen molar-refractivity contribution in [2.75, 3.05) is 5.43 Å². The third-order valence-corrected chi connectivity index (χ3v) is 5.91. The van der Waals surface area contributed by atoms with Crippen molar-refractivity contribution in [3.63, 3.8) is 0 Å². The van der Waals surface area contributed by atoms with Crippen LogP contribution in [0.5, 0.6) is 0 Å². The maximum atomic E-state index is 10.6. The highest BCUT2D eigenvalue weighted by Gasteiger charge is 2.59. The van der Waals surface area contributed by atoms with Gasteiger partial charge in [-0.1, -0.05) is 20.8 Å². The molecule has 0 amide bonds. The molecule has 0 spiro atoms. The molecular formula is C16H21N3O2. The topological polar surface area (TPSA) is 67.5 Å². The third kappa shape index (κ3) is 2.03. The van der Waals surface area contributed by atoms with Crippen molar-refractivity contribution in [2.24, 2.45) is 21.8 Å². The minimum absolute atomic E-state index is 0.0984. The standard InChI is InChI=1S/C16H21N3O2/c1-15(2)11-8-9-16(15,3)14(10-11)18-17-12-4-6-13(7-5-12)19(20)21/h4-7,11,17H,8-10H2,1-3H3/b18-14+/t11-,16+/m1/s1. The van der Waals surface area contributed by atoms with Crippen LogP contribution in [-0.2, 0) is 0 Å². The molecule has 1 N–H and O–H groups in total. The first kappa shape index (κ1) is 14.0. The van der Waals surface area contributed by atoms with Crippen molar-refractivity contribution < 1.29 is 4.92 Å². The van der Waals surface area contributed by atoms with E-state index in [0.29, 0.717) is 5.41 Å². The van der Waals surface area contributed by atoms with Crippen LogP contribution in [0.15, 0.2) is 29.4 Å². The van der Waals surface area contributed by atoms with Crippen LogP contribution < -0.4 is 5.43 Å². The second-order valence-electron chi connectivity index (χ2n) is 6.97. The number of nitrogens with zero attached hydrogens (tertiary/aromatic N) is 2. The fraction of sp³-hybridized carbons (Fsp3) is 0.562. The van der Waals surface area contributed by atoms with E-state index in [-0.39, 0.29) is 11.1 Å². The molecule has 2 aliphatic rings. The van der Waals surface area contributed by atoms with Crippen LogP contribution in [0.4, 0.5) is 11.4 Å². The third-order valence-electron chi connectivity index (χ3n) is 5.91. The molecule has 0 radical (unpaired) electrons. The summed E-state index contributed by atoms with van der Waals surface area (Å²) < 4.78 is 0. The molecule has 0 aliphatic heterocycles. The number of hydrazone groups is 1. The van der Waals surface area contributed by atoms with E-state index in [1.807, 2.05) is 0 Å². The summed E-state index contributed by atoms with van der Waals surface area (Å²) in [7, 11) is 0. The fourth-order valence-corrected chi connectivity index (χ4v) is 3.89. The Kier molecular flexibility index (Phi) is 3.04. The van der Waals surface area contributed by atoms with Crippen LogP contribution in [0.25, 0.3) is 0 Å². The Balaban J connectivity index is 1.77. The van der Waals surface area contributed by atoms with Gasteiger partial charge in [0.15, 0.2) is 0 Å². The maximum Gasteiger partial charge on any atom is 0.269 e. The lowest BCUT2D eigenvalue weighted by atomic mass is 9.70. The largest absolute Gasteiger partial charge is 0.279 e. The fourth-order valence-electron chi connectivity index (χ4n) is 3.89. The minimum Gasteiger partial charge on any atom is -0.279 e. The van der Waals surface area contributed by atoms with E-state index >= 15 is 0 Å². The quantitative estimate of drug-likeness (QED) is 0.669. The lowest BCUT2D eigenvalue weighted by molar-refractivity contribution is -0.384. The first-order valence-corrected chi connectivity index (χ1v) is 7.42. The Hall–Kier alpha value is -1.91. The highest BCUT2D eigenvalue weighted by atomic mass is 16.6. The SMILES string of the molecule is CC1(C)[C@@H]2CC[C@@]1(C)/C(=N/Nc1ccc([N+](=O)[O-])cc1)C2. The number of fused-ring (bicyclic) bond motifs is 2. The lowest BCUT2D eigenvalue weighted by Crippen LogP contribution is -2.32. The highest BCUT2D eigenvalue weighted by molar-refractivity contribution is 5.94. The molecule has 5 heteroatoms. The molecule has 5 nitrogen and oxygen atoms in total. The number of hydrogen-bond acceptors (Lipinski definition) is 4. The first-order valence-electron chi connectivity index (χ1n) is 7.42. The first-order chi connectivity index (χ1) is 9.84.